The molecule has 0 amide bonds. The molecule has 0 atom stereocenters. The van der Waals surface area contributed by atoms with Gasteiger partial charge in [0.25, 0.3) is 0 Å². The van der Waals surface area contributed by atoms with Crippen LogP contribution in [0.25, 0.3) is 11.1 Å². The van der Waals surface area contributed by atoms with Gasteiger partial charge in [-0.1, -0.05) is 128 Å². The third-order valence-electron chi connectivity index (χ3n) is 6.18. The van der Waals surface area contributed by atoms with Crippen molar-refractivity contribution in [1.82, 2.24) is 0 Å². The van der Waals surface area contributed by atoms with E-state index in [1.807, 2.05) is 0 Å². The van der Waals surface area contributed by atoms with Crippen molar-refractivity contribution in [3.63, 3.8) is 0 Å². The average molecular weight is 399 g/mol. The molecular weight excluding hydrogens is 360 g/mol. The minimum absolute atomic E-state index is 0.0339. The molecule has 0 N–H and O–H groups in total. The van der Waals surface area contributed by atoms with E-state index in [1.54, 1.807) is 0 Å². The maximum atomic E-state index is 2.44. The van der Waals surface area contributed by atoms with Gasteiger partial charge in [-0.3, -0.25) is 0 Å². The van der Waals surface area contributed by atoms with Crippen LogP contribution in [0, 0.1) is 0 Å². The summed E-state index contributed by atoms with van der Waals surface area (Å²) in [5.74, 6) is 0. The monoisotopic (exact) mass is 398 g/mol. The van der Waals surface area contributed by atoms with Crippen LogP contribution in [-0.4, -0.2) is 0 Å². The summed E-state index contributed by atoms with van der Waals surface area (Å²) < 4.78 is 0. The lowest BCUT2D eigenvalue weighted by molar-refractivity contribution is 0.510. The third-order valence-corrected chi connectivity index (χ3v) is 6.18. The van der Waals surface area contributed by atoms with Gasteiger partial charge in [0.05, 0.1) is 0 Å². The predicted octanol–water partition coefficient (Wildman–Crippen LogP) is 8.47. The van der Waals surface area contributed by atoms with Gasteiger partial charge in [-0.05, 0) is 56.0 Å². The van der Waals surface area contributed by atoms with Gasteiger partial charge >= 0.3 is 0 Å². The van der Waals surface area contributed by atoms with Crippen molar-refractivity contribution in [3.05, 3.63) is 95.1 Å². The maximum absolute atomic E-state index is 2.44. The SMILES string of the molecule is CC(C)(C)c1cc(C(C)(C)C)cc(C(C)(C)Cc2ccccc2-c2ccccc2)c1. The minimum Gasteiger partial charge on any atom is -0.0622 e. The van der Waals surface area contributed by atoms with Crippen molar-refractivity contribution < 1.29 is 0 Å². The zero-order valence-electron chi connectivity index (χ0n) is 20.1. The highest BCUT2D eigenvalue weighted by Crippen LogP contribution is 2.37. The Morgan fingerprint density at radius 3 is 1.53 bits per heavy atom. The normalized spacial score (nSPS) is 12.8. The molecule has 0 saturated carbocycles. The van der Waals surface area contributed by atoms with Crippen LogP contribution in [0.3, 0.4) is 0 Å². The van der Waals surface area contributed by atoms with Crippen molar-refractivity contribution in [1.29, 1.82) is 0 Å². The van der Waals surface area contributed by atoms with E-state index < -0.39 is 0 Å². The Kier molecular flexibility index (Phi) is 6.01. The lowest BCUT2D eigenvalue weighted by atomic mass is 9.72. The van der Waals surface area contributed by atoms with E-state index in [9.17, 15) is 0 Å². The fraction of sp³-hybridized carbons (Fsp3) is 0.400. The standard InChI is InChI=1S/C30H38/c1-28(2,3)24-18-25(29(4,5)6)20-26(19-24)30(7,8)21-23-16-12-13-17-27(23)22-14-10-9-11-15-22/h9-20H,21H2,1-8H3. The Balaban J connectivity index is 2.07. The Labute approximate surface area is 184 Å². The molecule has 0 heterocycles. The third kappa shape index (κ3) is 5.04. The fourth-order valence-electron chi connectivity index (χ4n) is 4.04. The minimum atomic E-state index is 0.0339. The molecule has 0 aliphatic heterocycles. The molecule has 0 radical (unpaired) electrons. The number of rotatable bonds is 4. The smallest absolute Gasteiger partial charge is 0.00628 e. The largest absolute Gasteiger partial charge is 0.0622 e. The lowest BCUT2D eigenvalue weighted by Gasteiger charge is -2.32. The van der Waals surface area contributed by atoms with Gasteiger partial charge in [0.1, 0.15) is 0 Å². The molecule has 0 fully saturated rings. The van der Waals surface area contributed by atoms with Gasteiger partial charge in [-0.15, -0.1) is 0 Å². The first-order valence-corrected chi connectivity index (χ1v) is 11.2. The van der Waals surface area contributed by atoms with E-state index in [0.717, 1.165) is 6.42 Å². The van der Waals surface area contributed by atoms with Crippen molar-refractivity contribution in [2.24, 2.45) is 0 Å². The second-order valence-electron chi connectivity index (χ2n) is 11.4. The average Bonchev–Trinajstić information content (AvgIpc) is 2.67. The molecule has 3 aromatic carbocycles. The Bertz CT molecular complexity index is 960. The number of hydrogen-bond donors (Lipinski definition) is 0. The zero-order valence-corrected chi connectivity index (χ0v) is 20.1. The molecule has 30 heavy (non-hydrogen) atoms. The molecule has 0 bridgehead atoms. The molecule has 0 aliphatic carbocycles. The van der Waals surface area contributed by atoms with Gasteiger partial charge in [-0.25, -0.2) is 0 Å². The second-order valence-corrected chi connectivity index (χ2v) is 11.4. The van der Waals surface area contributed by atoms with Gasteiger partial charge in [-0.2, -0.15) is 0 Å². The zero-order chi connectivity index (χ0) is 22.2. The summed E-state index contributed by atoms with van der Waals surface area (Å²) in [5.41, 5.74) is 8.63. The second kappa shape index (κ2) is 8.06. The first kappa shape index (κ1) is 22.3. The molecule has 0 aliphatic rings. The molecule has 0 spiro atoms. The molecule has 0 nitrogen and oxygen atoms in total. The van der Waals surface area contributed by atoms with Crippen LogP contribution < -0.4 is 0 Å². The molecule has 0 unspecified atom stereocenters. The van der Waals surface area contributed by atoms with Crippen LogP contribution in [0.2, 0.25) is 0 Å². The summed E-state index contributed by atoms with van der Waals surface area (Å²) in [4.78, 5) is 0. The highest BCUT2D eigenvalue weighted by atomic mass is 14.3. The quantitative estimate of drug-likeness (QED) is 0.413. The Morgan fingerprint density at radius 2 is 1.00 bits per heavy atom. The maximum Gasteiger partial charge on any atom is -0.00628 e. The highest BCUT2D eigenvalue weighted by molar-refractivity contribution is 5.67. The summed E-state index contributed by atoms with van der Waals surface area (Å²) >= 11 is 0. The number of benzene rings is 3. The van der Waals surface area contributed by atoms with E-state index in [0.29, 0.717) is 0 Å². The van der Waals surface area contributed by atoms with E-state index in [-0.39, 0.29) is 16.2 Å². The van der Waals surface area contributed by atoms with Gasteiger partial charge < -0.3 is 0 Å². The first-order valence-electron chi connectivity index (χ1n) is 11.2. The van der Waals surface area contributed by atoms with Crippen LogP contribution in [-0.2, 0) is 22.7 Å². The van der Waals surface area contributed by atoms with E-state index in [1.165, 1.54) is 33.4 Å². The first-order chi connectivity index (χ1) is 13.9. The Hall–Kier alpha value is -2.34. The summed E-state index contributed by atoms with van der Waals surface area (Å²) in [5, 5.41) is 0. The van der Waals surface area contributed by atoms with E-state index >= 15 is 0 Å². The van der Waals surface area contributed by atoms with Crippen LogP contribution >= 0.6 is 0 Å². The summed E-state index contributed by atoms with van der Waals surface area (Å²) in [6.45, 7) is 18.7. The van der Waals surface area contributed by atoms with Gasteiger partial charge in [0.2, 0.25) is 0 Å². The van der Waals surface area contributed by atoms with Crippen LogP contribution in [0.1, 0.15) is 77.6 Å². The van der Waals surface area contributed by atoms with E-state index in [4.69, 9.17) is 0 Å². The fourth-order valence-corrected chi connectivity index (χ4v) is 4.04. The highest BCUT2D eigenvalue weighted by Gasteiger charge is 2.27. The molecule has 3 rings (SSSR count). The van der Waals surface area contributed by atoms with Crippen LogP contribution in [0.4, 0.5) is 0 Å². The lowest BCUT2D eigenvalue weighted by Crippen LogP contribution is -2.24. The van der Waals surface area contributed by atoms with Gasteiger partial charge in [0.15, 0.2) is 0 Å². The van der Waals surface area contributed by atoms with Crippen molar-refractivity contribution in [3.8, 4) is 11.1 Å². The number of hydrogen-bond acceptors (Lipinski definition) is 0. The van der Waals surface area contributed by atoms with Crippen molar-refractivity contribution >= 4 is 0 Å². The molecule has 0 heteroatoms. The van der Waals surface area contributed by atoms with Crippen LogP contribution in [0.15, 0.2) is 72.8 Å². The van der Waals surface area contributed by atoms with Crippen molar-refractivity contribution in [2.75, 3.05) is 0 Å². The summed E-state index contributed by atoms with van der Waals surface area (Å²) in [6.07, 6.45) is 1.01. The van der Waals surface area contributed by atoms with Crippen LogP contribution in [0.5, 0.6) is 0 Å². The molecule has 0 aromatic heterocycles. The van der Waals surface area contributed by atoms with Gasteiger partial charge in [0, 0.05) is 0 Å². The summed E-state index contributed by atoms with van der Waals surface area (Å²) in [6, 6.07) is 26.9. The Morgan fingerprint density at radius 1 is 0.533 bits per heavy atom. The van der Waals surface area contributed by atoms with E-state index in [2.05, 4.69) is 128 Å². The van der Waals surface area contributed by atoms with Crippen molar-refractivity contribution in [2.45, 2.75) is 78.1 Å². The summed E-state index contributed by atoms with van der Waals surface area (Å²) in [7, 11) is 0. The molecule has 158 valence electrons. The predicted molar refractivity (Wildman–Crippen MR) is 132 cm³/mol. The topological polar surface area (TPSA) is 0 Å². The molecule has 0 saturated heterocycles. The molecular formula is C30H38. The molecule has 3 aromatic rings.